The van der Waals surface area contributed by atoms with Crippen LogP contribution in [0.4, 0.5) is 5.82 Å². The van der Waals surface area contributed by atoms with Gasteiger partial charge in [0.05, 0.1) is 0 Å². The van der Waals surface area contributed by atoms with Crippen LogP contribution in [-0.4, -0.2) is 51.0 Å². The van der Waals surface area contributed by atoms with Crippen molar-refractivity contribution in [1.29, 1.82) is 0 Å². The van der Waals surface area contributed by atoms with Crippen LogP contribution in [0, 0.1) is 5.92 Å². The Bertz CT molecular complexity index is 643. The number of aromatic nitrogens is 2. The Morgan fingerprint density at radius 1 is 1.39 bits per heavy atom. The fourth-order valence-electron chi connectivity index (χ4n) is 2.63. The highest BCUT2D eigenvalue weighted by Gasteiger charge is 2.21. The van der Waals surface area contributed by atoms with E-state index in [4.69, 9.17) is 5.14 Å². The quantitative estimate of drug-likeness (QED) is 0.623. The molecule has 1 fully saturated rings. The summed E-state index contributed by atoms with van der Waals surface area (Å²) in [6.07, 6.45) is 4.02. The number of anilines is 1. The van der Waals surface area contributed by atoms with Crippen LogP contribution in [0.15, 0.2) is 12.4 Å². The zero-order valence-corrected chi connectivity index (χ0v) is 13.8. The van der Waals surface area contributed by atoms with Crippen LogP contribution < -0.4 is 20.1 Å². The van der Waals surface area contributed by atoms with Crippen LogP contribution in [0.3, 0.4) is 0 Å². The molecule has 0 atom stereocenters. The highest BCUT2D eigenvalue weighted by Crippen LogP contribution is 2.23. The molecule has 9 nitrogen and oxygen atoms in total. The molecule has 23 heavy (non-hydrogen) atoms. The number of hydrogen-bond donors (Lipinski definition) is 3. The van der Waals surface area contributed by atoms with Crippen molar-refractivity contribution in [1.82, 2.24) is 20.0 Å². The van der Waals surface area contributed by atoms with Crippen molar-refractivity contribution in [2.75, 3.05) is 31.6 Å². The lowest BCUT2D eigenvalue weighted by Gasteiger charge is -2.32. The average molecular weight is 342 g/mol. The molecule has 1 amide bonds. The molecule has 0 bridgehead atoms. The van der Waals surface area contributed by atoms with Gasteiger partial charge in [-0.15, -0.1) is 0 Å². The number of carbonyl (C=O) groups excluding carboxylic acids is 1. The summed E-state index contributed by atoms with van der Waals surface area (Å²) in [5.41, 5.74) is 0.344. The second kappa shape index (κ2) is 7.66. The Balaban J connectivity index is 1.86. The smallest absolute Gasteiger partial charge is 0.274 e. The van der Waals surface area contributed by atoms with E-state index in [1.165, 1.54) is 6.33 Å². The number of nitrogens with one attached hydrogen (secondary N) is 2. The highest BCUT2D eigenvalue weighted by atomic mass is 32.2. The zero-order chi connectivity index (χ0) is 16.9. The first-order chi connectivity index (χ1) is 10.9. The molecule has 2 rings (SSSR count). The summed E-state index contributed by atoms with van der Waals surface area (Å²) < 4.78 is 24.0. The van der Waals surface area contributed by atoms with Crippen LogP contribution in [0.2, 0.25) is 0 Å². The third kappa shape index (κ3) is 5.41. The number of nitrogens with two attached hydrogens (primary N) is 1. The van der Waals surface area contributed by atoms with Crippen molar-refractivity contribution in [3.63, 3.8) is 0 Å². The summed E-state index contributed by atoms with van der Waals surface area (Å²) >= 11 is 0. The molecular formula is C13H22N6O3S. The lowest BCUT2D eigenvalue weighted by molar-refractivity contribution is 0.0958. The molecule has 0 unspecified atom stereocenters. The van der Waals surface area contributed by atoms with Crippen LogP contribution in [-0.2, 0) is 10.2 Å². The van der Waals surface area contributed by atoms with Crippen molar-refractivity contribution in [3.05, 3.63) is 18.1 Å². The Morgan fingerprint density at radius 3 is 2.70 bits per heavy atom. The van der Waals surface area contributed by atoms with Gasteiger partial charge in [0.1, 0.15) is 17.8 Å². The lowest BCUT2D eigenvalue weighted by atomic mass is 9.93. The summed E-state index contributed by atoms with van der Waals surface area (Å²) in [5.74, 6) is 0.943. The maximum absolute atomic E-state index is 11.6. The van der Waals surface area contributed by atoms with Crippen LogP contribution >= 0.6 is 0 Å². The van der Waals surface area contributed by atoms with Crippen molar-refractivity contribution in [2.45, 2.75) is 19.3 Å². The van der Waals surface area contributed by atoms with Crippen molar-refractivity contribution in [3.8, 4) is 0 Å². The van der Waals surface area contributed by atoms with Gasteiger partial charge in [-0.25, -0.2) is 19.8 Å². The summed E-state index contributed by atoms with van der Waals surface area (Å²) in [6.45, 7) is 1.98. The summed E-state index contributed by atoms with van der Waals surface area (Å²) in [6, 6.07) is 1.68. The molecule has 1 aromatic heterocycles. The van der Waals surface area contributed by atoms with Crippen LogP contribution in [0.1, 0.15) is 29.8 Å². The number of rotatable bonds is 6. The fraction of sp³-hybridized carbons (Fsp3) is 0.615. The van der Waals surface area contributed by atoms with E-state index in [1.54, 1.807) is 13.1 Å². The fourth-order valence-corrected chi connectivity index (χ4v) is 3.03. The van der Waals surface area contributed by atoms with Gasteiger partial charge in [-0.3, -0.25) is 4.79 Å². The van der Waals surface area contributed by atoms with Gasteiger partial charge in [-0.2, -0.15) is 8.42 Å². The van der Waals surface area contributed by atoms with Gasteiger partial charge in [0.15, 0.2) is 0 Å². The normalized spacial score (nSPS) is 16.3. The Kier molecular flexibility index (Phi) is 5.85. The molecular weight excluding hydrogens is 320 g/mol. The largest absolute Gasteiger partial charge is 0.356 e. The van der Waals surface area contributed by atoms with Gasteiger partial charge in [-0.05, 0) is 25.2 Å². The van der Waals surface area contributed by atoms with E-state index >= 15 is 0 Å². The van der Waals surface area contributed by atoms with E-state index < -0.39 is 10.2 Å². The number of piperidine rings is 1. The molecule has 1 aliphatic rings. The van der Waals surface area contributed by atoms with Crippen LogP contribution in [0.25, 0.3) is 0 Å². The first-order valence-corrected chi connectivity index (χ1v) is 9.00. The Morgan fingerprint density at radius 2 is 2.09 bits per heavy atom. The molecule has 1 aliphatic heterocycles. The maximum atomic E-state index is 11.6. The third-order valence-electron chi connectivity index (χ3n) is 3.91. The average Bonchev–Trinajstić information content (AvgIpc) is 2.54. The second-order valence-electron chi connectivity index (χ2n) is 5.50. The van der Waals surface area contributed by atoms with Gasteiger partial charge >= 0.3 is 0 Å². The molecule has 0 spiro atoms. The van der Waals surface area contributed by atoms with Crippen molar-refractivity contribution in [2.24, 2.45) is 11.1 Å². The minimum atomic E-state index is -3.61. The van der Waals surface area contributed by atoms with E-state index in [-0.39, 0.29) is 5.91 Å². The first-order valence-electron chi connectivity index (χ1n) is 7.45. The van der Waals surface area contributed by atoms with Gasteiger partial charge in [0.25, 0.3) is 16.1 Å². The van der Waals surface area contributed by atoms with E-state index in [9.17, 15) is 13.2 Å². The monoisotopic (exact) mass is 342 g/mol. The minimum absolute atomic E-state index is 0.238. The summed E-state index contributed by atoms with van der Waals surface area (Å²) in [5, 5.41) is 7.44. The molecule has 1 saturated heterocycles. The zero-order valence-electron chi connectivity index (χ0n) is 13.0. The van der Waals surface area contributed by atoms with Crippen molar-refractivity contribution >= 4 is 21.9 Å². The molecule has 0 aliphatic carbocycles. The molecule has 1 aromatic rings. The second-order valence-corrected chi connectivity index (χ2v) is 6.88. The van der Waals surface area contributed by atoms with E-state index in [2.05, 4.69) is 24.9 Å². The molecule has 10 heteroatoms. The molecule has 128 valence electrons. The number of nitrogens with zero attached hydrogens (tertiary/aromatic N) is 3. The molecule has 2 heterocycles. The predicted octanol–water partition coefficient (Wildman–Crippen LogP) is -0.764. The van der Waals surface area contributed by atoms with Crippen molar-refractivity contribution < 1.29 is 13.2 Å². The molecule has 0 saturated carbocycles. The first kappa shape index (κ1) is 17.6. The number of amides is 1. The van der Waals surface area contributed by atoms with E-state index in [0.29, 0.717) is 18.2 Å². The maximum Gasteiger partial charge on any atom is 0.274 e. The Hall–Kier alpha value is -1.78. The standard InChI is InChI=1S/C13H22N6O3S/c1-15-13(20)11-8-12(17-9-16-11)19-6-3-10(4-7-19)2-5-18-23(14,21)22/h8-10,18H,2-7H2,1H3,(H,15,20)(H2,14,21,22). The molecule has 4 N–H and O–H groups in total. The van der Waals surface area contributed by atoms with Gasteiger partial charge in [-0.1, -0.05) is 0 Å². The van der Waals surface area contributed by atoms with E-state index in [0.717, 1.165) is 38.2 Å². The topological polar surface area (TPSA) is 130 Å². The summed E-state index contributed by atoms with van der Waals surface area (Å²) in [4.78, 5) is 21.9. The molecule has 0 radical (unpaired) electrons. The SMILES string of the molecule is CNC(=O)c1cc(N2CCC(CCNS(N)(=O)=O)CC2)ncn1. The van der Waals surface area contributed by atoms with Crippen LogP contribution in [0.5, 0.6) is 0 Å². The number of carbonyl (C=O) groups is 1. The lowest BCUT2D eigenvalue weighted by Crippen LogP contribution is -2.37. The van der Waals surface area contributed by atoms with E-state index in [1.807, 2.05) is 0 Å². The van der Waals surface area contributed by atoms with Gasteiger partial charge in [0, 0.05) is 32.7 Å². The van der Waals surface area contributed by atoms with Gasteiger partial charge in [0.2, 0.25) is 0 Å². The predicted molar refractivity (Wildman–Crippen MR) is 86.1 cm³/mol. The molecule has 0 aromatic carbocycles. The van der Waals surface area contributed by atoms with Gasteiger partial charge < -0.3 is 10.2 Å². The highest BCUT2D eigenvalue weighted by molar-refractivity contribution is 7.87. The number of hydrogen-bond acceptors (Lipinski definition) is 6. The Labute approximate surface area is 135 Å². The minimum Gasteiger partial charge on any atom is -0.356 e. The summed E-state index contributed by atoms with van der Waals surface area (Å²) in [7, 11) is -2.05. The third-order valence-corrected chi connectivity index (χ3v) is 4.51.